The van der Waals surface area contributed by atoms with Crippen LogP contribution in [0.25, 0.3) is 22.3 Å². The molecule has 28 heavy (non-hydrogen) atoms. The molecule has 0 unspecified atom stereocenters. The fourth-order valence-corrected chi connectivity index (χ4v) is 3.85. The van der Waals surface area contributed by atoms with Gasteiger partial charge in [0.2, 0.25) is 0 Å². The molecule has 3 nitrogen and oxygen atoms in total. The van der Waals surface area contributed by atoms with Gasteiger partial charge in [-0.15, -0.1) is 0 Å². The van der Waals surface area contributed by atoms with Crippen molar-refractivity contribution in [1.29, 1.82) is 0 Å². The van der Waals surface area contributed by atoms with Gasteiger partial charge in [-0.25, -0.2) is 9.78 Å². The molecule has 9 heteroatoms. The first-order chi connectivity index (χ1) is 13.2. The number of esters is 1. The molecular formula is C19H9Cl6NO2. The number of benzene rings is 2. The molecule has 144 valence electrons. The van der Waals surface area contributed by atoms with Crippen LogP contribution in [-0.4, -0.2) is 18.1 Å². The topological polar surface area (TPSA) is 39.2 Å². The van der Waals surface area contributed by atoms with E-state index in [4.69, 9.17) is 74.3 Å². The van der Waals surface area contributed by atoms with Crippen molar-refractivity contribution in [1.82, 2.24) is 4.98 Å². The molecule has 0 bridgehead atoms. The zero-order valence-corrected chi connectivity index (χ0v) is 18.5. The molecule has 0 saturated carbocycles. The first-order valence-corrected chi connectivity index (χ1v) is 9.88. The number of halogens is 6. The van der Waals surface area contributed by atoms with Crippen molar-refractivity contribution in [2.24, 2.45) is 0 Å². The number of methoxy groups -OCH3 is 1. The average molecular weight is 496 g/mol. The van der Waals surface area contributed by atoms with E-state index in [0.29, 0.717) is 42.3 Å². The first-order valence-electron chi connectivity index (χ1n) is 7.61. The van der Waals surface area contributed by atoms with Gasteiger partial charge in [0.05, 0.1) is 37.2 Å². The Labute approximate surface area is 191 Å². The Morgan fingerprint density at radius 1 is 0.714 bits per heavy atom. The van der Waals surface area contributed by atoms with Gasteiger partial charge in [0.15, 0.2) is 5.69 Å². The molecule has 0 saturated heterocycles. The smallest absolute Gasteiger partial charge is 0.357 e. The standard InChI is InChI=1S/C19H9Cl6NO2/c1-28-19(27)18-11(10-4-15(23)17(25)6-13(10)21)2-8(7-26-18)9-3-14(22)16(24)5-12(9)20/h2-7H,1H3. The molecule has 3 rings (SSSR count). The number of rotatable bonds is 3. The number of carbonyl (C=O) groups excluding carboxylic acids is 1. The van der Waals surface area contributed by atoms with Gasteiger partial charge in [0, 0.05) is 28.5 Å². The van der Waals surface area contributed by atoms with Gasteiger partial charge >= 0.3 is 5.97 Å². The van der Waals surface area contributed by atoms with E-state index in [9.17, 15) is 4.79 Å². The molecule has 0 fully saturated rings. The molecule has 3 aromatic rings. The third-order valence-electron chi connectivity index (χ3n) is 3.89. The lowest BCUT2D eigenvalue weighted by molar-refractivity contribution is 0.0595. The fourth-order valence-electron chi connectivity index (χ4n) is 2.55. The summed E-state index contributed by atoms with van der Waals surface area (Å²) in [4.78, 5) is 16.5. The number of hydrogen-bond donors (Lipinski definition) is 0. The summed E-state index contributed by atoms with van der Waals surface area (Å²) in [5.41, 5.74) is 2.09. The van der Waals surface area contributed by atoms with Crippen LogP contribution < -0.4 is 0 Å². The molecule has 1 heterocycles. The van der Waals surface area contributed by atoms with Gasteiger partial charge in [-0.1, -0.05) is 69.6 Å². The lowest BCUT2D eigenvalue weighted by Crippen LogP contribution is -2.07. The maximum atomic E-state index is 12.2. The Morgan fingerprint density at radius 2 is 1.21 bits per heavy atom. The van der Waals surface area contributed by atoms with E-state index in [1.807, 2.05) is 0 Å². The largest absolute Gasteiger partial charge is 0.464 e. The molecular weight excluding hydrogens is 487 g/mol. The summed E-state index contributed by atoms with van der Waals surface area (Å²) < 4.78 is 4.83. The molecule has 2 aromatic carbocycles. The quantitative estimate of drug-likeness (QED) is 0.272. The van der Waals surface area contributed by atoms with Crippen molar-refractivity contribution in [3.63, 3.8) is 0 Å². The number of hydrogen-bond acceptors (Lipinski definition) is 3. The van der Waals surface area contributed by atoms with E-state index in [1.54, 1.807) is 18.2 Å². The lowest BCUT2D eigenvalue weighted by atomic mass is 9.98. The van der Waals surface area contributed by atoms with Crippen LogP contribution >= 0.6 is 69.6 Å². The van der Waals surface area contributed by atoms with E-state index >= 15 is 0 Å². The molecule has 1 aromatic heterocycles. The van der Waals surface area contributed by atoms with E-state index in [-0.39, 0.29) is 15.7 Å². The molecule has 0 radical (unpaired) electrons. The van der Waals surface area contributed by atoms with E-state index < -0.39 is 5.97 Å². The number of pyridine rings is 1. The average Bonchev–Trinajstić information content (AvgIpc) is 2.66. The number of nitrogens with zero attached hydrogens (tertiary/aromatic N) is 1. The van der Waals surface area contributed by atoms with Gasteiger partial charge in [0.25, 0.3) is 0 Å². The highest BCUT2D eigenvalue weighted by molar-refractivity contribution is 6.44. The van der Waals surface area contributed by atoms with Crippen molar-refractivity contribution in [3.05, 3.63) is 72.4 Å². The molecule has 0 atom stereocenters. The van der Waals surface area contributed by atoms with Crippen LogP contribution in [0, 0.1) is 0 Å². The summed E-state index contributed by atoms with van der Waals surface area (Å²) in [5, 5.41) is 1.86. The van der Waals surface area contributed by atoms with E-state index in [0.717, 1.165) is 0 Å². The minimum Gasteiger partial charge on any atom is -0.464 e. The van der Waals surface area contributed by atoms with E-state index in [2.05, 4.69) is 4.98 Å². The second kappa shape index (κ2) is 8.66. The maximum absolute atomic E-state index is 12.2. The van der Waals surface area contributed by atoms with Crippen LogP contribution in [0.1, 0.15) is 10.5 Å². The second-order valence-corrected chi connectivity index (χ2v) is 8.05. The van der Waals surface area contributed by atoms with Crippen LogP contribution in [-0.2, 0) is 4.74 Å². The third-order valence-corrected chi connectivity index (χ3v) is 5.96. The second-order valence-electron chi connectivity index (χ2n) is 5.60. The van der Waals surface area contributed by atoms with Crippen LogP contribution in [0.3, 0.4) is 0 Å². The van der Waals surface area contributed by atoms with E-state index in [1.165, 1.54) is 25.4 Å². The summed E-state index contributed by atoms with van der Waals surface area (Å²) in [6.45, 7) is 0. The molecule has 0 aliphatic rings. The van der Waals surface area contributed by atoms with Gasteiger partial charge in [-0.2, -0.15) is 0 Å². The molecule has 0 aliphatic heterocycles. The SMILES string of the molecule is COC(=O)c1ncc(-c2cc(Cl)c(Cl)cc2Cl)cc1-c1cc(Cl)c(Cl)cc1Cl. The number of ether oxygens (including phenoxy) is 1. The molecule has 0 N–H and O–H groups in total. The monoisotopic (exact) mass is 493 g/mol. The Kier molecular flexibility index (Phi) is 6.65. The summed E-state index contributed by atoms with van der Waals surface area (Å²) in [7, 11) is 1.26. The van der Waals surface area contributed by atoms with Crippen molar-refractivity contribution in [2.45, 2.75) is 0 Å². The van der Waals surface area contributed by atoms with Gasteiger partial charge in [-0.3, -0.25) is 0 Å². The van der Waals surface area contributed by atoms with Crippen molar-refractivity contribution in [3.8, 4) is 22.3 Å². The predicted molar refractivity (Wildman–Crippen MR) is 117 cm³/mol. The lowest BCUT2D eigenvalue weighted by Gasteiger charge is -2.13. The highest BCUT2D eigenvalue weighted by atomic mass is 35.5. The Morgan fingerprint density at radius 3 is 1.79 bits per heavy atom. The maximum Gasteiger partial charge on any atom is 0.357 e. The van der Waals surface area contributed by atoms with Crippen LogP contribution in [0.2, 0.25) is 30.1 Å². The van der Waals surface area contributed by atoms with Gasteiger partial charge in [-0.05, 0) is 30.3 Å². The van der Waals surface area contributed by atoms with Gasteiger partial charge in [0.1, 0.15) is 0 Å². The highest BCUT2D eigenvalue weighted by Crippen LogP contribution is 2.40. The van der Waals surface area contributed by atoms with Crippen molar-refractivity contribution < 1.29 is 9.53 Å². The molecule has 0 aliphatic carbocycles. The normalized spacial score (nSPS) is 10.8. The summed E-state index contributed by atoms with van der Waals surface area (Å²) in [6.07, 6.45) is 1.48. The molecule has 0 amide bonds. The minimum absolute atomic E-state index is 0.0581. The van der Waals surface area contributed by atoms with Crippen LogP contribution in [0.5, 0.6) is 0 Å². The Hall–Kier alpha value is -1.20. The Balaban J connectivity index is 2.29. The van der Waals surface area contributed by atoms with Crippen molar-refractivity contribution >= 4 is 75.6 Å². The zero-order valence-electron chi connectivity index (χ0n) is 14.0. The number of aromatic nitrogens is 1. The fraction of sp³-hybridized carbons (Fsp3) is 0.0526. The molecule has 0 spiro atoms. The van der Waals surface area contributed by atoms with Gasteiger partial charge < -0.3 is 4.74 Å². The van der Waals surface area contributed by atoms with Crippen LogP contribution in [0.15, 0.2) is 36.5 Å². The number of carbonyl (C=O) groups is 1. The van der Waals surface area contributed by atoms with Crippen LogP contribution in [0.4, 0.5) is 0 Å². The summed E-state index contributed by atoms with van der Waals surface area (Å²) in [6, 6.07) is 7.87. The third kappa shape index (κ3) is 4.20. The first kappa shape index (κ1) is 21.5. The highest BCUT2D eigenvalue weighted by Gasteiger charge is 2.20. The summed E-state index contributed by atoms with van der Waals surface area (Å²) in [5.74, 6) is -0.635. The summed E-state index contributed by atoms with van der Waals surface area (Å²) >= 11 is 36.9. The predicted octanol–water partition coefficient (Wildman–Crippen LogP) is 8.12. The Bertz CT molecular complexity index is 1100. The minimum atomic E-state index is -0.635. The van der Waals surface area contributed by atoms with Crippen molar-refractivity contribution in [2.75, 3.05) is 7.11 Å². The zero-order chi connectivity index (χ0) is 20.6.